The van der Waals surface area contributed by atoms with Crippen LogP contribution in [0.15, 0.2) is 48.7 Å². The van der Waals surface area contributed by atoms with E-state index in [4.69, 9.17) is 4.74 Å². The minimum atomic E-state index is -0.0921. The lowest BCUT2D eigenvalue weighted by atomic mass is 10.0. The number of benzene rings is 2. The lowest BCUT2D eigenvalue weighted by Gasteiger charge is -2.10. The first-order valence-electron chi connectivity index (χ1n) is 7.35. The Morgan fingerprint density at radius 2 is 2.00 bits per heavy atom. The third-order valence-corrected chi connectivity index (χ3v) is 3.67. The molecule has 4 nitrogen and oxygen atoms in total. The van der Waals surface area contributed by atoms with Crippen molar-refractivity contribution in [1.82, 2.24) is 10.3 Å². The third kappa shape index (κ3) is 2.78. The summed E-state index contributed by atoms with van der Waals surface area (Å²) >= 11 is 0. The molecule has 0 unspecified atom stereocenters. The smallest absolute Gasteiger partial charge is 0.253 e. The van der Waals surface area contributed by atoms with E-state index in [0.29, 0.717) is 18.7 Å². The summed E-state index contributed by atoms with van der Waals surface area (Å²) in [6.07, 6.45) is 2.51. The maximum absolute atomic E-state index is 12.5. The molecule has 22 heavy (non-hydrogen) atoms. The Balaban J connectivity index is 2.02. The fraction of sp³-hybridized carbons (Fsp3) is 0.222. The fourth-order valence-electron chi connectivity index (χ4n) is 2.62. The van der Waals surface area contributed by atoms with E-state index in [9.17, 15) is 4.79 Å². The van der Waals surface area contributed by atoms with Crippen molar-refractivity contribution in [3.05, 3.63) is 54.2 Å². The van der Waals surface area contributed by atoms with Gasteiger partial charge in [0.15, 0.2) is 0 Å². The van der Waals surface area contributed by atoms with E-state index in [1.807, 2.05) is 36.4 Å². The van der Waals surface area contributed by atoms with Gasteiger partial charge in [-0.1, -0.05) is 30.3 Å². The zero-order valence-corrected chi connectivity index (χ0v) is 12.5. The molecule has 1 heterocycles. The Morgan fingerprint density at radius 3 is 2.86 bits per heavy atom. The highest BCUT2D eigenvalue weighted by atomic mass is 16.5. The molecule has 0 spiro atoms. The van der Waals surface area contributed by atoms with E-state index in [2.05, 4.69) is 16.4 Å². The molecule has 0 saturated carbocycles. The molecule has 4 heteroatoms. The van der Waals surface area contributed by atoms with Gasteiger partial charge in [-0.05, 0) is 29.3 Å². The minimum absolute atomic E-state index is 0.0921. The Morgan fingerprint density at radius 1 is 1.18 bits per heavy atom. The van der Waals surface area contributed by atoms with Crippen LogP contribution in [0.5, 0.6) is 0 Å². The van der Waals surface area contributed by atoms with Gasteiger partial charge in [-0.25, -0.2) is 0 Å². The summed E-state index contributed by atoms with van der Waals surface area (Å²) in [6.45, 7) is 1.23. The molecule has 0 aliphatic rings. The van der Waals surface area contributed by atoms with Crippen molar-refractivity contribution in [2.24, 2.45) is 0 Å². The summed E-state index contributed by atoms with van der Waals surface area (Å²) in [5.41, 5.74) is 1.36. The molecular formula is C18H18N2O2. The van der Waals surface area contributed by atoms with E-state index < -0.39 is 0 Å². The lowest BCUT2D eigenvalue weighted by Crippen LogP contribution is -2.25. The van der Waals surface area contributed by atoms with Crippen molar-refractivity contribution in [3.8, 4) is 0 Å². The van der Waals surface area contributed by atoms with E-state index in [1.165, 1.54) is 0 Å². The van der Waals surface area contributed by atoms with Crippen LogP contribution in [0, 0.1) is 0 Å². The van der Waals surface area contributed by atoms with Gasteiger partial charge in [0, 0.05) is 31.8 Å². The first-order chi connectivity index (χ1) is 10.8. The highest BCUT2D eigenvalue weighted by Crippen LogP contribution is 2.27. The highest BCUT2D eigenvalue weighted by molar-refractivity contribution is 6.15. The quantitative estimate of drug-likeness (QED) is 0.581. The summed E-state index contributed by atoms with van der Waals surface area (Å²) in [7, 11) is 1.66. The summed E-state index contributed by atoms with van der Waals surface area (Å²) in [5, 5.41) is 6.09. The van der Waals surface area contributed by atoms with Crippen LogP contribution >= 0.6 is 0 Å². The standard InChI is InChI=1S/C18H18N2O2/c1-22-11-5-10-20-18(21)16-12-13-6-2-3-7-14(13)15-8-4-9-19-17(15)16/h2-4,6-9,12H,5,10-11H2,1H3,(H,20,21). The van der Waals surface area contributed by atoms with Gasteiger partial charge in [-0.2, -0.15) is 0 Å². The van der Waals surface area contributed by atoms with Gasteiger partial charge in [0.25, 0.3) is 5.91 Å². The van der Waals surface area contributed by atoms with Crippen LogP contribution in [0.3, 0.4) is 0 Å². The molecule has 0 saturated heterocycles. The van der Waals surface area contributed by atoms with Crippen LogP contribution in [0.1, 0.15) is 16.8 Å². The second-order valence-corrected chi connectivity index (χ2v) is 5.15. The Bertz CT molecular complexity index is 814. The van der Waals surface area contributed by atoms with Gasteiger partial charge in [0.1, 0.15) is 0 Å². The summed E-state index contributed by atoms with van der Waals surface area (Å²) < 4.78 is 4.99. The van der Waals surface area contributed by atoms with Gasteiger partial charge < -0.3 is 10.1 Å². The first-order valence-corrected chi connectivity index (χ1v) is 7.35. The number of aromatic nitrogens is 1. The van der Waals surface area contributed by atoms with Gasteiger partial charge >= 0.3 is 0 Å². The molecule has 0 aliphatic heterocycles. The number of carbonyl (C=O) groups excluding carboxylic acids is 1. The largest absolute Gasteiger partial charge is 0.385 e. The average Bonchev–Trinajstić information content (AvgIpc) is 2.58. The summed E-state index contributed by atoms with van der Waals surface area (Å²) in [5.74, 6) is -0.0921. The van der Waals surface area contributed by atoms with Crippen LogP contribution < -0.4 is 5.32 Å². The predicted molar refractivity (Wildman–Crippen MR) is 88.1 cm³/mol. The number of nitrogens with one attached hydrogen (secondary N) is 1. The number of ether oxygens (including phenoxy) is 1. The van der Waals surface area contributed by atoms with E-state index >= 15 is 0 Å². The maximum Gasteiger partial charge on any atom is 0.253 e. The van der Waals surface area contributed by atoms with Crippen molar-refractivity contribution in [2.75, 3.05) is 20.3 Å². The molecule has 1 amide bonds. The first kappa shape index (κ1) is 14.5. The monoisotopic (exact) mass is 294 g/mol. The minimum Gasteiger partial charge on any atom is -0.385 e. The number of fused-ring (bicyclic) bond motifs is 3. The lowest BCUT2D eigenvalue weighted by molar-refractivity contribution is 0.0950. The SMILES string of the molecule is COCCCNC(=O)c1cc2ccccc2c2cccnc12. The van der Waals surface area contributed by atoms with Gasteiger partial charge in [-0.3, -0.25) is 9.78 Å². The van der Waals surface area contributed by atoms with E-state index in [-0.39, 0.29) is 5.91 Å². The van der Waals surface area contributed by atoms with Gasteiger partial charge in [0.05, 0.1) is 11.1 Å². The number of hydrogen-bond acceptors (Lipinski definition) is 3. The number of methoxy groups -OCH3 is 1. The van der Waals surface area contributed by atoms with Crippen LogP contribution in [0.25, 0.3) is 21.7 Å². The van der Waals surface area contributed by atoms with Gasteiger partial charge in [-0.15, -0.1) is 0 Å². The van der Waals surface area contributed by atoms with Crippen molar-refractivity contribution >= 4 is 27.6 Å². The number of hydrogen-bond donors (Lipinski definition) is 1. The van der Waals surface area contributed by atoms with E-state index in [0.717, 1.165) is 28.1 Å². The molecule has 1 N–H and O–H groups in total. The second kappa shape index (κ2) is 6.54. The molecule has 112 valence electrons. The molecule has 2 aromatic carbocycles. The highest BCUT2D eigenvalue weighted by Gasteiger charge is 2.13. The zero-order chi connectivity index (χ0) is 15.4. The van der Waals surface area contributed by atoms with Crippen LogP contribution in [-0.2, 0) is 4.74 Å². The Labute approximate surface area is 129 Å². The topological polar surface area (TPSA) is 51.2 Å². The number of rotatable bonds is 5. The predicted octanol–water partition coefficient (Wildman–Crippen LogP) is 3.15. The summed E-state index contributed by atoms with van der Waals surface area (Å²) in [6, 6.07) is 13.9. The Kier molecular flexibility index (Phi) is 4.30. The molecule has 0 atom stereocenters. The molecule has 1 aromatic heterocycles. The van der Waals surface area contributed by atoms with Crippen molar-refractivity contribution < 1.29 is 9.53 Å². The van der Waals surface area contributed by atoms with Crippen LogP contribution in [-0.4, -0.2) is 31.2 Å². The third-order valence-electron chi connectivity index (χ3n) is 3.67. The number of pyridine rings is 1. The number of amides is 1. The Hall–Kier alpha value is -2.46. The molecule has 0 fully saturated rings. The molecule has 0 radical (unpaired) electrons. The number of carbonyl (C=O) groups is 1. The normalized spacial score (nSPS) is 11.0. The van der Waals surface area contributed by atoms with Gasteiger partial charge in [0.2, 0.25) is 0 Å². The fourth-order valence-corrected chi connectivity index (χ4v) is 2.62. The maximum atomic E-state index is 12.5. The van der Waals surface area contributed by atoms with Crippen molar-refractivity contribution in [1.29, 1.82) is 0 Å². The molecule has 0 bridgehead atoms. The molecule has 0 aliphatic carbocycles. The second-order valence-electron chi connectivity index (χ2n) is 5.15. The van der Waals surface area contributed by atoms with Crippen LogP contribution in [0.2, 0.25) is 0 Å². The molecular weight excluding hydrogens is 276 g/mol. The molecule has 3 aromatic rings. The van der Waals surface area contributed by atoms with E-state index in [1.54, 1.807) is 13.3 Å². The zero-order valence-electron chi connectivity index (χ0n) is 12.5. The molecule has 3 rings (SSSR count). The van der Waals surface area contributed by atoms with Crippen molar-refractivity contribution in [3.63, 3.8) is 0 Å². The van der Waals surface area contributed by atoms with Crippen LogP contribution in [0.4, 0.5) is 0 Å². The summed E-state index contributed by atoms with van der Waals surface area (Å²) in [4.78, 5) is 16.9. The number of nitrogens with zero attached hydrogens (tertiary/aromatic N) is 1. The average molecular weight is 294 g/mol. The van der Waals surface area contributed by atoms with Crippen molar-refractivity contribution in [2.45, 2.75) is 6.42 Å².